The van der Waals surface area contributed by atoms with Gasteiger partial charge in [0.25, 0.3) is 0 Å². The summed E-state index contributed by atoms with van der Waals surface area (Å²) in [6.45, 7) is 14.0. The van der Waals surface area contributed by atoms with Gasteiger partial charge in [-0.15, -0.1) is 5.06 Å². The minimum atomic E-state index is -0.767. The Bertz CT molecular complexity index is 640. The second-order valence-corrected chi connectivity index (χ2v) is 7.83. The number of ether oxygens (including phenoxy) is 1. The van der Waals surface area contributed by atoms with Crippen LogP contribution in [-0.4, -0.2) is 17.7 Å². The van der Waals surface area contributed by atoms with Gasteiger partial charge in [0.05, 0.1) is 11.1 Å². The lowest BCUT2D eigenvalue weighted by Crippen LogP contribution is -2.41. The number of nitrogen functional groups attached to an aromatic ring is 1. The summed E-state index contributed by atoms with van der Waals surface area (Å²) < 4.78 is 5.37. The fourth-order valence-corrected chi connectivity index (χ4v) is 1.76. The maximum atomic E-state index is 12.6. The number of amides is 1. The molecule has 0 unspecified atom stereocenters. The van der Waals surface area contributed by atoms with Crippen molar-refractivity contribution in [1.82, 2.24) is 0 Å². The van der Waals surface area contributed by atoms with E-state index in [0.29, 0.717) is 11.4 Å². The summed E-state index contributed by atoms with van der Waals surface area (Å²) in [5, 5.41) is 0.903. The molecule has 0 aliphatic rings. The summed E-state index contributed by atoms with van der Waals surface area (Å²) in [7, 11) is 0. The van der Waals surface area contributed by atoms with E-state index in [1.54, 1.807) is 53.7 Å². The first-order valence-electron chi connectivity index (χ1n) is 7.85. The van der Waals surface area contributed by atoms with Crippen LogP contribution in [0.2, 0.25) is 0 Å². The van der Waals surface area contributed by atoms with Crippen LogP contribution in [0.15, 0.2) is 12.1 Å². The Morgan fingerprint density at radius 3 is 2.00 bits per heavy atom. The smallest absolute Gasteiger partial charge is 0.441 e. The lowest BCUT2D eigenvalue weighted by atomic mass is 9.98. The van der Waals surface area contributed by atoms with Gasteiger partial charge in [-0.3, -0.25) is 0 Å². The molecule has 1 aromatic carbocycles. The molecule has 0 aliphatic heterocycles. The van der Waals surface area contributed by atoms with Crippen molar-refractivity contribution in [3.63, 3.8) is 0 Å². The maximum absolute atomic E-state index is 12.6. The van der Waals surface area contributed by atoms with Crippen molar-refractivity contribution in [3.8, 4) is 0 Å². The van der Waals surface area contributed by atoms with Gasteiger partial charge in [0.1, 0.15) is 5.60 Å². The summed E-state index contributed by atoms with van der Waals surface area (Å²) >= 11 is 0. The molecule has 0 heterocycles. The molecule has 0 aliphatic carbocycles. The molecule has 1 rings (SSSR count). The highest BCUT2D eigenvalue weighted by molar-refractivity contribution is 5.91. The van der Waals surface area contributed by atoms with Crippen LogP contribution in [0.3, 0.4) is 0 Å². The van der Waals surface area contributed by atoms with Crippen LogP contribution in [0.5, 0.6) is 0 Å². The maximum Gasteiger partial charge on any atom is 0.448 e. The van der Waals surface area contributed by atoms with E-state index in [1.165, 1.54) is 0 Å². The van der Waals surface area contributed by atoms with Crippen LogP contribution < -0.4 is 10.8 Å². The standard InChI is InChI=1S/C18H28N2O4/c1-11-12(2)14(10-9-13(11)19)20(16(22)23-18(6,7)8)24-15(21)17(3,4)5/h9-10H,19H2,1-8H3. The topological polar surface area (TPSA) is 81.9 Å². The van der Waals surface area contributed by atoms with Gasteiger partial charge in [0.2, 0.25) is 0 Å². The van der Waals surface area contributed by atoms with Gasteiger partial charge in [0, 0.05) is 5.69 Å². The molecular formula is C18H28N2O4. The normalized spacial score (nSPS) is 11.8. The molecule has 0 bridgehead atoms. The molecule has 0 atom stereocenters. The van der Waals surface area contributed by atoms with Crippen molar-refractivity contribution in [2.24, 2.45) is 5.41 Å². The van der Waals surface area contributed by atoms with E-state index < -0.39 is 23.1 Å². The Balaban J connectivity index is 3.31. The quantitative estimate of drug-likeness (QED) is 0.616. The molecule has 6 heteroatoms. The van der Waals surface area contributed by atoms with Crippen LogP contribution in [0, 0.1) is 19.3 Å². The number of nitrogens with two attached hydrogens (primary N) is 1. The van der Waals surface area contributed by atoms with Crippen molar-refractivity contribution in [2.75, 3.05) is 10.8 Å². The monoisotopic (exact) mass is 336 g/mol. The molecule has 0 radical (unpaired) electrons. The summed E-state index contributed by atoms with van der Waals surface area (Å²) in [4.78, 5) is 30.2. The summed E-state index contributed by atoms with van der Waals surface area (Å²) in [6.07, 6.45) is -0.757. The average Bonchev–Trinajstić information content (AvgIpc) is 2.40. The predicted molar refractivity (Wildman–Crippen MR) is 94.6 cm³/mol. The minimum Gasteiger partial charge on any atom is -0.441 e. The van der Waals surface area contributed by atoms with Crippen LogP contribution >= 0.6 is 0 Å². The van der Waals surface area contributed by atoms with Gasteiger partial charge in [-0.25, -0.2) is 9.59 Å². The fraction of sp³-hybridized carbons (Fsp3) is 0.556. The Morgan fingerprint density at radius 1 is 1.00 bits per heavy atom. The minimum absolute atomic E-state index is 0.425. The number of carbonyl (C=O) groups is 2. The second-order valence-electron chi connectivity index (χ2n) is 7.83. The number of rotatable bonds is 1. The zero-order valence-electron chi connectivity index (χ0n) is 15.8. The molecule has 134 valence electrons. The average molecular weight is 336 g/mol. The van der Waals surface area contributed by atoms with E-state index >= 15 is 0 Å². The van der Waals surface area contributed by atoms with Gasteiger partial charge in [0.15, 0.2) is 0 Å². The third-order valence-corrected chi connectivity index (χ3v) is 3.37. The van der Waals surface area contributed by atoms with Gasteiger partial charge >= 0.3 is 12.1 Å². The Morgan fingerprint density at radius 2 is 1.54 bits per heavy atom. The Hall–Kier alpha value is -2.24. The molecule has 6 nitrogen and oxygen atoms in total. The van der Waals surface area contributed by atoms with Crippen molar-refractivity contribution < 1.29 is 19.2 Å². The lowest BCUT2D eigenvalue weighted by Gasteiger charge is -2.29. The number of benzene rings is 1. The zero-order chi connectivity index (χ0) is 18.9. The van der Waals surface area contributed by atoms with E-state index in [1.807, 2.05) is 13.8 Å². The van der Waals surface area contributed by atoms with Gasteiger partial charge in [-0.2, -0.15) is 0 Å². The first kappa shape index (κ1) is 19.8. The van der Waals surface area contributed by atoms with E-state index in [2.05, 4.69) is 0 Å². The van der Waals surface area contributed by atoms with Crippen LogP contribution in [0.25, 0.3) is 0 Å². The molecule has 0 aromatic heterocycles. The number of anilines is 2. The first-order chi connectivity index (χ1) is 10.7. The molecule has 1 aromatic rings. The molecule has 0 saturated heterocycles. The zero-order valence-corrected chi connectivity index (χ0v) is 15.8. The van der Waals surface area contributed by atoms with Gasteiger partial charge in [-0.05, 0) is 78.6 Å². The summed E-state index contributed by atoms with van der Waals surface area (Å²) in [6, 6.07) is 3.30. The highest BCUT2D eigenvalue weighted by Crippen LogP contribution is 2.30. The molecule has 1 amide bonds. The number of carbonyl (C=O) groups excluding carboxylic acids is 2. The number of hydroxylamine groups is 1. The van der Waals surface area contributed by atoms with Crippen molar-refractivity contribution >= 4 is 23.4 Å². The molecule has 24 heavy (non-hydrogen) atoms. The van der Waals surface area contributed by atoms with E-state index in [9.17, 15) is 9.59 Å². The van der Waals surface area contributed by atoms with E-state index in [4.69, 9.17) is 15.3 Å². The molecule has 2 N–H and O–H groups in total. The third kappa shape index (κ3) is 4.88. The first-order valence-corrected chi connectivity index (χ1v) is 7.85. The van der Waals surface area contributed by atoms with Gasteiger partial charge < -0.3 is 15.3 Å². The number of hydrogen-bond donors (Lipinski definition) is 1. The van der Waals surface area contributed by atoms with Crippen LogP contribution in [-0.2, 0) is 14.4 Å². The predicted octanol–water partition coefficient (Wildman–Crippen LogP) is 4.13. The van der Waals surface area contributed by atoms with Crippen molar-refractivity contribution in [2.45, 2.75) is 61.0 Å². The Kier molecular flexibility index (Phi) is 5.54. The summed E-state index contributed by atoms with van der Waals surface area (Å²) in [5.74, 6) is -0.540. The molecule has 0 saturated carbocycles. The van der Waals surface area contributed by atoms with E-state index in [0.717, 1.165) is 16.2 Å². The number of hydrogen-bond acceptors (Lipinski definition) is 5. The molecule has 0 spiro atoms. The third-order valence-electron chi connectivity index (χ3n) is 3.37. The highest BCUT2D eigenvalue weighted by atomic mass is 16.8. The van der Waals surface area contributed by atoms with Crippen LogP contribution in [0.4, 0.5) is 16.2 Å². The Labute approximate surface area is 143 Å². The SMILES string of the molecule is Cc1c(N)ccc(N(OC(=O)C(C)(C)C)C(=O)OC(C)(C)C)c1C. The van der Waals surface area contributed by atoms with Crippen LogP contribution in [0.1, 0.15) is 52.7 Å². The highest BCUT2D eigenvalue weighted by Gasteiger charge is 2.33. The number of nitrogens with zero attached hydrogens (tertiary/aromatic N) is 1. The molecule has 0 fully saturated rings. The lowest BCUT2D eigenvalue weighted by molar-refractivity contribution is -0.154. The van der Waals surface area contributed by atoms with Gasteiger partial charge in [-0.1, -0.05) is 0 Å². The molecular weight excluding hydrogens is 308 g/mol. The van der Waals surface area contributed by atoms with Crippen molar-refractivity contribution in [1.29, 1.82) is 0 Å². The van der Waals surface area contributed by atoms with E-state index in [-0.39, 0.29) is 0 Å². The largest absolute Gasteiger partial charge is 0.448 e. The van der Waals surface area contributed by atoms with Crippen molar-refractivity contribution in [3.05, 3.63) is 23.3 Å². The summed E-state index contributed by atoms with van der Waals surface area (Å²) in [5.41, 5.74) is 6.98. The fourth-order valence-electron chi connectivity index (χ4n) is 1.76. The second kappa shape index (κ2) is 6.71.